The minimum Gasteiger partial charge on any atom is -0.372 e. The monoisotopic (exact) mass is 123 g/mol. The zero-order chi connectivity index (χ0) is 7.90. The van der Waals surface area contributed by atoms with Crippen LogP contribution in [-0.4, -0.2) is 4.98 Å². The Morgan fingerprint density at radius 1 is 1.67 bits per heavy atom. The van der Waals surface area contributed by atoms with Crippen LogP contribution in [0.1, 0.15) is 13.9 Å². The SMILES string of the molecule is [2H]C1([2H])OCc2ccncc21. The first-order chi connectivity index (χ1) is 5.20. The average Bonchev–Trinajstić information content (AvgIpc) is 2.29. The van der Waals surface area contributed by atoms with Gasteiger partial charge in [-0.3, -0.25) is 4.98 Å². The molecule has 0 spiro atoms. The van der Waals surface area contributed by atoms with Crippen LogP contribution in [0, 0.1) is 0 Å². The Morgan fingerprint density at radius 2 is 2.67 bits per heavy atom. The van der Waals surface area contributed by atoms with Crippen molar-refractivity contribution < 1.29 is 7.48 Å². The van der Waals surface area contributed by atoms with Gasteiger partial charge in [0.2, 0.25) is 0 Å². The number of nitrogens with zero attached hydrogens (tertiary/aromatic N) is 1. The zero-order valence-corrected chi connectivity index (χ0v) is 4.79. The highest BCUT2D eigenvalue weighted by Crippen LogP contribution is 2.16. The Labute approximate surface area is 56.3 Å². The summed E-state index contributed by atoms with van der Waals surface area (Å²) >= 11 is 0. The number of fused-ring (bicyclic) bond motifs is 1. The second-order valence-corrected chi connectivity index (χ2v) is 1.92. The number of ether oxygens (including phenoxy) is 1. The Bertz CT molecular complexity index is 288. The fourth-order valence-electron chi connectivity index (χ4n) is 0.833. The fourth-order valence-corrected chi connectivity index (χ4v) is 0.833. The largest absolute Gasteiger partial charge is 0.372 e. The number of hydrogen-bond acceptors (Lipinski definition) is 2. The molecule has 46 valence electrons. The lowest BCUT2D eigenvalue weighted by molar-refractivity contribution is 0.134. The zero-order valence-electron chi connectivity index (χ0n) is 6.79. The summed E-state index contributed by atoms with van der Waals surface area (Å²) in [5, 5.41) is 0. The fraction of sp³-hybridized carbons (Fsp3) is 0.286. The van der Waals surface area contributed by atoms with E-state index in [1.807, 2.05) is 0 Å². The van der Waals surface area contributed by atoms with Crippen molar-refractivity contribution in [1.29, 1.82) is 0 Å². The van der Waals surface area contributed by atoms with Gasteiger partial charge in [0.1, 0.15) is 0 Å². The van der Waals surface area contributed by atoms with E-state index in [4.69, 9.17) is 7.48 Å². The van der Waals surface area contributed by atoms with Crippen LogP contribution in [-0.2, 0) is 17.9 Å². The highest BCUT2D eigenvalue weighted by molar-refractivity contribution is 5.23. The van der Waals surface area contributed by atoms with Crippen LogP contribution >= 0.6 is 0 Å². The molecule has 9 heavy (non-hydrogen) atoms. The summed E-state index contributed by atoms with van der Waals surface area (Å²) in [7, 11) is 0. The van der Waals surface area contributed by atoms with Crippen molar-refractivity contribution in [3.63, 3.8) is 0 Å². The summed E-state index contributed by atoms with van der Waals surface area (Å²) in [6.45, 7) is -1.28. The summed E-state index contributed by atoms with van der Waals surface area (Å²) in [6.07, 6.45) is 3.16. The molecule has 0 N–H and O–H groups in total. The number of hydrogen-bond donors (Lipinski definition) is 0. The van der Waals surface area contributed by atoms with E-state index >= 15 is 0 Å². The Balaban J connectivity index is 2.56. The highest BCUT2D eigenvalue weighted by Gasteiger charge is 2.08. The molecule has 1 aliphatic rings. The molecule has 0 saturated heterocycles. The average molecular weight is 123 g/mol. The van der Waals surface area contributed by atoms with Crippen molar-refractivity contribution in [2.75, 3.05) is 0 Å². The van der Waals surface area contributed by atoms with Crippen LogP contribution in [0.15, 0.2) is 18.5 Å². The summed E-state index contributed by atoms with van der Waals surface area (Å²) in [5.41, 5.74) is 1.45. The minimum absolute atomic E-state index is 0.352. The predicted molar refractivity (Wildman–Crippen MR) is 32.7 cm³/mol. The van der Waals surface area contributed by atoms with Crippen LogP contribution in [0.3, 0.4) is 0 Å². The first-order valence-corrected chi connectivity index (χ1v) is 2.77. The molecule has 0 atom stereocenters. The van der Waals surface area contributed by atoms with E-state index in [-0.39, 0.29) is 0 Å². The molecule has 0 saturated carbocycles. The van der Waals surface area contributed by atoms with Crippen LogP contribution in [0.2, 0.25) is 0 Å². The van der Waals surface area contributed by atoms with Gasteiger partial charge in [-0.05, 0) is 11.6 Å². The van der Waals surface area contributed by atoms with Crippen LogP contribution in [0.25, 0.3) is 0 Å². The maximum atomic E-state index is 7.37. The molecular formula is C7H7NO. The molecule has 2 rings (SSSR count). The van der Waals surface area contributed by atoms with Crippen molar-refractivity contribution in [3.05, 3.63) is 29.6 Å². The third-order valence-electron chi connectivity index (χ3n) is 1.32. The molecule has 1 aromatic heterocycles. The van der Waals surface area contributed by atoms with E-state index in [2.05, 4.69) is 4.98 Å². The van der Waals surface area contributed by atoms with Gasteiger partial charge in [0, 0.05) is 18.0 Å². The summed E-state index contributed by atoms with van der Waals surface area (Å²) in [6, 6.07) is 1.78. The topological polar surface area (TPSA) is 22.1 Å². The van der Waals surface area contributed by atoms with E-state index in [0.717, 1.165) is 5.56 Å². The lowest BCUT2D eigenvalue weighted by Gasteiger charge is -1.89. The first-order valence-electron chi connectivity index (χ1n) is 3.77. The smallest absolute Gasteiger partial charge is 0.0740 e. The number of rotatable bonds is 0. The molecule has 0 amide bonds. The molecule has 1 aromatic rings. The molecule has 0 aliphatic carbocycles. The molecule has 0 fully saturated rings. The predicted octanol–water partition coefficient (Wildman–Crippen LogP) is 1.11. The van der Waals surface area contributed by atoms with Gasteiger partial charge in [0.25, 0.3) is 0 Å². The van der Waals surface area contributed by atoms with Gasteiger partial charge in [0.05, 0.1) is 15.9 Å². The van der Waals surface area contributed by atoms with Gasteiger partial charge in [0.15, 0.2) is 0 Å². The quantitative estimate of drug-likeness (QED) is 0.515. The molecule has 0 radical (unpaired) electrons. The maximum Gasteiger partial charge on any atom is 0.0740 e. The minimum atomic E-state index is -1.64. The normalized spacial score (nSPS) is 24.4. The maximum absolute atomic E-state index is 7.37. The molecule has 2 heteroatoms. The number of aromatic nitrogens is 1. The van der Waals surface area contributed by atoms with Crippen molar-refractivity contribution in [1.82, 2.24) is 4.98 Å². The third-order valence-corrected chi connectivity index (χ3v) is 1.32. The Hall–Kier alpha value is -0.890. The van der Waals surface area contributed by atoms with Gasteiger partial charge in [-0.25, -0.2) is 0 Å². The Kier molecular flexibility index (Phi) is 0.668. The summed E-state index contributed by atoms with van der Waals surface area (Å²) < 4.78 is 19.6. The van der Waals surface area contributed by atoms with Crippen molar-refractivity contribution in [3.8, 4) is 0 Å². The lowest BCUT2D eigenvalue weighted by atomic mass is 10.2. The van der Waals surface area contributed by atoms with E-state index in [1.165, 1.54) is 6.20 Å². The van der Waals surface area contributed by atoms with E-state index < -0.39 is 6.56 Å². The van der Waals surface area contributed by atoms with Crippen LogP contribution < -0.4 is 0 Å². The van der Waals surface area contributed by atoms with Crippen molar-refractivity contribution in [2.45, 2.75) is 13.2 Å². The van der Waals surface area contributed by atoms with Gasteiger partial charge < -0.3 is 4.74 Å². The van der Waals surface area contributed by atoms with E-state index in [1.54, 1.807) is 12.3 Å². The second kappa shape index (κ2) is 1.81. The molecule has 2 nitrogen and oxygen atoms in total. The van der Waals surface area contributed by atoms with Crippen LogP contribution in [0.4, 0.5) is 0 Å². The highest BCUT2D eigenvalue weighted by atomic mass is 16.5. The van der Waals surface area contributed by atoms with Crippen molar-refractivity contribution in [2.24, 2.45) is 0 Å². The van der Waals surface area contributed by atoms with Crippen LogP contribution in [0.5, 0.6) is 0 Å². The number of pyridine rings is 1. The van der Waals surface area contributed by atoms with Gasteiger partial charge in [-0.2, -0.15) is 0 Å². The molecule has 1 aliphatic heterocycles. The summed E-state index contributed by atoms with van der Waals surface area (Å²) in [5.74, 6) is 0. The molecule has 0 aromatic carbocycles. The summed E-state index contributed by atoms with van der Waals surface area (Å²) in [4.78, 5) is 3.83. The van der Waals surface area contributed by atoms with Crippen molar-refractivity contribution >= 4 is 0 Å². The standard InChI is InChI=1S/C7H7NO/c1-2-8-3-7-5-9-4-6(1)7/h1-3H,4-5H2/i5D2. The van der Waals surface area contributed by atoms with E-state index in [9.17, 15) is 0 Å². The molecule has 0 unspecified atom stereocenters. The lowest BCUT2D eigenvalue weighted by Crippen LogP contribution is -1.80. The molecule has 2 heterocycles. The molecule has 0 bridgehead atoms. The second-order valence-electron chi connectivity index (χ2n) is 1.92. The molecular weight excluding hydrogens is 114 g/mol. The van der Waals surface area contributed by atoms with Gasteiger partial charge in [-0.15, -0.1) is 0 Å². The first kappa shape index (κ1) is 3.32. The van der Waals surface area contributed by atoms with Gasteiger partial charge >= 0.3 is 0 Å². The third kappa shape index (κ3) is 0.715. The van der Waals surface area contributed by atoms with E-state index in [0.29, 0.717) is 12.2 Å². The Morgan fingerprint density at radius 3 is 3.56 bits per heavy atom. The van der Waals surface area contributed by atoms with Gasteiger partial charge in [-0.1, -0.05) is 0 Å².